The molecule has 0 atom stereocenters. The number of hydrogen-bond acceptors (Lipinski definition) is 8. The summed E-state index contributed by atoms with van der Waals surface area (Å²) in [6.45, 7) is 6.56. The lowest BCUT2D eigenvalue weighted by atomic mass is 9.97. The van der Waals surface area contributed by atoms with E-state index in [2.05, 4.69) is 10.1 Å². The zero-order valence-electron chi connectivity index (χ0n) is 23.7. The van der Waals surface area contributed by atoms with Crippen LogP contribution >= 0.6 is 0 Å². The topological polar surface area (TPSA) is 86.9 Å². The Kier molecular flexibility index (Phi) is 8.96. The first-order valence-corrected chi connectivity index (χ1v) is 12.9. The molecule has 0 unspecified atom stereocenters. The highest BCUT2D eigenvalue weighted by Gasteiger charge is 2.19. The molecule has 40 heavy (non-hydrogen) atoms. The molecule has 8 nitrogen and oxygen atoms in total. The number of halogens is 1. The summed E-state index contributed by atoms with van der Waals surface area (Å²) in [7, 11) is 5.01. The number of carbonyl (C=O) groups excluding carboxylic acids is 1. The molecule has 4 aromatic rings. The van der Waals surface area contributed by atoms with E-state index in [1.54, 1.807) is 20.3 Å². The maximum absolute atomic E-state index is 14.1. The molecule has 3 aromatic carbocycles. The molecule has 0 aliphatic carbocycles. The van der Waals surface area contributed by atoms with Gasteiger partial charge in [-0.05, 0) is 80.9 Å². The molecule has 0 bridgehead atoms. The van der Waals surface area contributed by atoms with Crippen LogP contribution in [-0.2, 0) is 27.4 Å². The van der Waals surface area contributed by atoms with Crippen molar-refractivity contribution in [1.82, 2.24) is 15.0 Å². The van der Waals surface area contributed by atoms with Crippen LogP contribution in [0.3, 0.4) is 0 Å². The Balaban J connectivity index is 1.55. The van der Waals surface area contributed by atoms with Gasteiger partial charge in [0.15, 0.2) is 0 Å². The van der Waals surface area contributed by atoms with Gasteiger partial charge in [-0.15, -0.1) is 0 Å². The number of benzene rings is 3. The minimum absolute atomic E-state index is 0.176. The monoisotopic (exact) mass is 547 g/mol. The van der Waals surface area contributed by atoms with E-state index in [1.807, 2.05) is 75.2 Å². The van der Waals surface area contributed by atoms with E-state index >= 15 is 0 Å². The smallest absolute Gasteiger partial charge is 0.320 e. The Morgan fingerprint density at radius 3 is 2.52 bits per heavy atom. The summed E-state index contributed by atoms with van der Waals surface area (Å²) in [4.78, 5) is 18.7. The molecule has 4 rings (SSSR count). The highest BCUT2D eigenvalue weighted by molar-refractivity contribution is 5.76. The second-order valence-electron chi connectivity index (χ2n) is 10.5. The Labute approximate surface area is 233 Å². The molecule has 0 aliphatic heterocycles. The van der Waals surface area contributed by atoms with E-state index in [-0.39, 0.29) is 18.3 Å². The Hall–Kier alpha value is -4.08. The summed E-state index contributed by atoms with van der Waals surface area (Å²) >= 11 is 0. The molecule has 9 heteroatoms. The quantitative estimate of drug-likeness (QED) is 0.219. The number of aromatic nitrogens is 2. The first-order chi connectivity index (χ1) is 19.1. The number of methoxy groups -OCH3 is 2. The number of carbonyl (C=O) groups is 1. The predicted octanol–water partition coefficient (Wildman–Crippen LogP) is 6.14. The van der Waals surface area contributed by atoms with Gasteiger partial charge in [0.25, 0.3) is 5.89 Å². The minimum Gasteiger partial charge on any atom is -0.496 e. The molecular formula is C31H34FN3O5. The lowest BCUT2D eigenvalue weighted by Gasteiger charge is -2.22. The van der Waals surface area contributed by atoms with Crippen LogP contribution in [0.2, 0.25) is 0 Å². The molecular weight excluding hydrogens is 513 g/mol. The fourth-order valence-corrected chi connectivity index (χ4v) is 4.38. The van der Waals surface area contributed by atoms with E-state index in [1.165, 1.54) is 12.1 Å². The number of ether oxygens (including phenoxy) is 3. The number of nitrogens with zero attached hydrogens (tertiary/aromatic N) is 3. The molecule has 0 saturated carbocycles. The van der Waals surface area contributed by atoms with Crippen molar-refractivity contribution < 1.29 is 27.9 Å². The molecule has 0 aliphatic rings. The number of rotatable bonds is 10. The molecule has 1 aromatic heterocycles. The van der Waals surface area contributed by atoms with Crippen molar-refractivity contribution in [3.63, 3.8) is 0 Å². The van der Waals surface area contributed by atoms with Crippen LogP contribution in [0.4, 0.5) is 4.39 Å². The summed E-state index contributed by atoms with van der Waals surface area (Å²) in [5, 5.41) is 4.19. The van der Waals surface area contributed by atoms with Crippen LogP contribution in [0, 0.1) is 5.82 Å². The maximum atomic E-state index is 14.1. The zero-order chi connectivity index (χ0) is 28.9. The second-order valence-corrected chi connectivity index (χ2v) is 10.5. The summed E-state index contributed by atoms with van der Waals surface area (Å²) < 4.78 is 36.0. The van der Waals surface area contributed by atoms with Crippen molar-refractivity contribution in [2.45, 2.75) is 39.5 Å². The van der Waals surface area contributed by atoms with Gasteiger partial charge in [-0.2, -0.15) is 4.98 Å². The van der Waals surface area contributed by atoms with Gasteiger partial charge in [-0.1, -0.05) is 29.4 Å². The number of esters is 1. The third-order valence-electron chi connectivity index (χ3n) is 5.99. The number of likely N-dealkylation sites (N-methyl/N-ethyl adjacent to an activating group) is 1. The van der Waals surface area contributed by atoms with Gasteiger partial charge in [0.05, 0.1) is 20.3 Å². The van der Waals surface area contributed by atoms with Crippen LogP contribution in [-0.4, -0.2) is 54.4 Å². The summed E-state index contributed by atoms with van der Waals surface area (Å²) in [6, 6.07) is 17.8. The molecule has 0 spiro atoms. The molecule has 0 fully saturated rings. The van der Waals surface area contributed by atoms with Gasteiger partial charge in [-0.3, -0.25) is 9.69 Å². The fraction of sp³-hybridized carbons (Fsp3) is 0.323. The summed E-state index contributed by atoms with van der Waals surface area (Å²) in [6.07, 6.45) is 0. The molecule has 0 amide bonds. The van der Waals surface area contributed by atoms with E-state index in [0.29, 0.717) is 41.7 Å². The average molecular weight is 548 g/mol. The van der Waals surface area contributed by atoms with E-state index < -0.39 is 5.60 Å². The van der Waals surface area contributed by atoms with E-state index in [9.17, 15) is 9.18 Å². The van der Waals surface area contributed by atoms with Crippen molar-refractivity contribution in [3.8, 4) is 39.7 Å². The Bertz CT molecular complexity index is 1480. The van der Waals surface area contributed by atoms with Gasteiger partial charge < -0.3 is 18.7 Å². The van der Waals surface area contributed by atoms with Crippen molar-refractivity contribution >= 4 is 5.97 Å². The standard InChI is InChI=1S/C31H34FN3O5/c1-31(2,3)39-28(36)18-35(4)17-20-8-7-9-21(14-20)29-33-30(40-34-29)22-10-12-25(23(15-22)19-37-5)26-16-24(32)11-13-27(26)38-6/h7-16H,17-19H2,1-6H3. The van der Waals surface area contributed by atoms with Crippen molar-refractivity contribution in [3.05, 3.63) is 77.6 Å². The van der Waals surface area contributed by atoms with Crippen LogP contribution in [0.25, 0.3) is 34.0 Å². The summed E-state index contributed by atoms with van der Waals surface area (Å²) in [5.74, 6) is 0.711. The minimum atomic E-state index is -0.523. The van der Waals surface area contributed by atoms with Gasteiger partial charge >= 0.3 is 5.97 Å². The van der Waals surface area contributed by atoms with E-state index in [0.717, 1.165) is 22.3 Å². The van der Waals surface area contributed by atoms with Crippen molar-refractivity contribution in [2.75, 3.05) is 27.8 Å². The first-order valence-electron chi connectivity index (χ1n) is 12.9. The normalized spacial score (nSPS) is 11.6. The van der Waals surface area contributed by atoms with Gasteiger partial charge in [0, 0.05) is 30.3 Å². The average Bonchev–Trinajstić information content (AvgIpc) is 3.38. The summed E-state index contributed by atoms with van der Waals surface area (Å²) in [5.41, 5.74) is 4.19. The van der Waals surface area contributed by atoms with Gasteiger partial charge in [0.2, 0.25) is 5.82 Å². The van der Waals surface area contributed by atoms with Crippen LogP contribution in [0.5, 0.6) is 5.75 Å². The highest BCUT2D eigenvalue weighted by Crippen LogP contribution is 2.35. The lowest BCUT2D eigenvalue weighted by molar-refractivity contribution is -0.155. The molecule has 210 valence electrons. The van der Waals surface area contributed by atoms with Crippen LogP contribution in [0.15, 0.2) is 65.2 Å². The molecule has 0 N–H and O–H groups in total. The Morgan fingerprint density at radius 2 is 1.80 bits per heavy atom. The highest BCUT2D eigenvalue weighted by atomic mass is 19.1. The predicted molar refractivity (Wildman–Crippen MR) is 150 cm³/mol. The third-order valence-corrected chi connectivity index (χ3v) is 5.99. The van der Waals surface area contributed by atoms with Crippen LogP contribution in [0.1, 0.15) is 31.9 Å². The fourth-order valence-electron chi connectivity index (χ4n) is 4.38. The first kappa shape index (κ1) is 28.9. The SMILES string of the molecule is COCc1cc(-c2nc(-c3cccc(CN(C)CC(=O)OC(C)(C)C)c3)no2)ccc1-c1cc(F)ccc1OC. The number of hydrogen-bond donors (Lipinski definition) is 0. The maximum Gasteiger partial charge on any atom is 0.320 e. The third kappa shape index (κ3) is 7.31. The van der Waals surface area contributed by atoms with Crippen molar-refractivity contribution in [1.29, 1.82) is 0 Å². The van der Waals surface area contributed by atoms with E-state index in [4.69, 9.17) is 18.7 Å². The largest absolute Gasteiger partial charge is 0.496 e. The van der Waals surface area contributed by atoms with Crippen LogP contribution < -0.4 is 4.74 Å². The molecule has 0 radical (unpaired) electrons. The Morgan fingerprint density at radius 1 is 1.00 bits per heavy atom. The lowest BCUT2D eigenvalue weighted by Crippen LogP contribution is -2.32. The second kappa shape index (κ2) is 12.4. The zero-order valence-corrected chi connectivity index (χ0v) is 23.7. The molecule has 0 saturated heterocycles. The van der Waals surface area contributed by atoms with Gasteiger partial charge in [0.1, 0.15) is 17.2 Å². The van der Waals surface area contributed by atoms with Gasteiger partial charge in [-0.25, -0.2) is 4.39 Å². The molecule has 1 heterocycles. The van der Waals surface area contributed by atoms with Crippen molar-refractivity contribution in [2.24, 2.45) is 0 Å².